The number of hydrogen-bond donors (Lipinski definition) is 5. The molecule has 0 heterocycles. The maximum absolute atomic E-state index is 11.8. The number of rotatable bonds is 10. The molecule has 1 aliphatic carbocycles. The average Bonchev–Trinajstić information content (AvgIpc) is 3.24. The monoisotopic (exact) mass is 766 g/mol. The molecule has 0 saturated carbocycles. The third-order valence-corrected chi connectivity index (χ3v) is 10.7. The smallest absolute Gasteiger partial charge is 0.136 e. The van der Waals surface area contributed by atoms with Crippen LogP contribution in [0.25, 0.3) is 27.1 Å². The molecule has 0 radical (unpaired) electrons. The Morgan fingerprint density at radius 3 is 1.33 bits per heavy atom. The number of phenols is 4. The summed E-state index contributed by atoms with van der Waals surface area (Å²) in [6.07, 6.45) is -1.15. The molecular weight excluding hydrogens is 729 g/mol. The molecule has 5 N–H and O–H groups in total. The number of anilines is 6. The van der Waals surface area contributed by atoms with Gasteiger partial charge in [0.2, 0.25) is 0 Å². The van der Waals surface area contributed by atoms with Gasteiger partial charge in [-0.3, -0.25) is 0 Å². The Labute approximate surface area is 334 Å². The molecule has 9 rings (SSSR count). The summed E-state index contributed by atoms with van der Waals surface area (Å²) in [4.78, 5) is 14.6. The summed E-state index contributed by atoms with van der Waals surface area (Å²) in [6.45, 7) is 0. The predicted molar refractivity (Wildman–Crippen MR) is 228 cm³/mol. The van der Waals surface area contributed by atoms with Crippen molar-refractivity contribution in [2.45, 2.75) is 12.0 Å². The highest BCUT2D eigenvalue weighted by atomic mass is 17.2. The van der Waals surface area contributed by atoms with Crippen LogP contribution in [0.5, 0.6) is 23.0 Å². The van der Waals surface area contributed by atoms with E-state index in [9.17, 15) is 25.5 Å². The van der Waals surface area contributed by atoms with Crippen LogP contribution in [0.2, 0.25) is 0 Å². The summed E-state index contributed by atoms with van der Waals surface area (Å²) in [5.74, 6) is -2.75. The van der Waals surface area contributed by atoms with Gasteiger partial charge < -0.3 is 35.3 Å². The van der Waals surface area contributed by atoms with Gasteiger partial charge in [0.05, 0.1) is 41.3 Å². The third-order valence-electron chi connectivity index (χ3n) is 10.7. The van der Waals surface area contributed by atoms with Crippen LogP contribution in [0.15, 0.2) is 176 Å². The predicted octanol–water partition coefficient (Wildman–Crippen LogP) is 11.8. The molecule has 1 aliphatic rings. The van der Waals surface area contributed by atoms with E-state index in [0.29, 0.717) is 11.4 Å². The Morgan fingerprint density at radius 2 is 0.862 bits per heavy atom. The second-order valence-corrected chi connectivity index (χ2v) is 14.1. The van der Waals surface area contributed by atoms with Crippen molar-refractivity contribution in [1.82, 2.24) is 0 Å². The summed E-state index contributed by atoms with van der Waals surface area (Å²) in [5.41, 5.74) is 4.10. The molecule has 286 valence electrons. The van der Waals surface area contributed by atoms with E-state index in [2.05, 4.69) is 0 Å². The molecular formula is C49H38N2O7. The van der Waals surface area contributed by atoms with Gasteiger partial charge in [-0.15, -0.1) is 0 Å². The summed E-state index contributed by atoms with van der Waals surface area (Å²) in [6, 6.07) is 53.1. The van der Waals surface area contributed by atoms with Gasteiger partial charge in [-0.2, -0.15) is 0 Å². The molecule has 9 heteroatoms. The Morgan fingerprint density at radius 1 is 0.448 bits per heavy atom. The SMILES string of the molecule is COOC1C(c2c(O)cc(N(c3ccccc3)c3cccc4ccccc34)cc2O)=C(O)C1c1c(O)cc(N(c2ccccc2)c2cccc3ccccc23)cc1O. The number of aliphatic hydroxyl groups excluding tert-OH is 1. The van der Waals surface area contributed by atoms with Crippen molar-refractivity contribution >= 4 is 61.2 Å². The van der Waals surface area contributed by atoms with Gasteiger partial charge in [0, 0.05) is 57.5 Å². The van der Waals surface area contributed by atoms with E-state index < -0.39 is 12.0 Å². The lowest BCUT2D eigenvalue weighted by molar-refractivity contribution is -0.298. The first-order valence-electron chi connectivity index (χ1n) is 18.7. The lowest BCUT2D eigenvalue weighted by Gasteiger charge is -2.39. The van der Waals surface area contributed by atoms with E-state index in [1.54, 1.807) is 0 Å². The van der Waals surface area contributed by atoms with Crippen molar-refractivity contribution in [3.05, 3.63) is 187 Å². The van der Waals surface area contributed by atoms with Gasteiger partial charge in [0.15, 0.2) is 0 Å². The minimum Gasteiger partial charge on any atom is -0.511 e. The summed E-state index contributed by atoms with van der Waals surface area (Å²) in [7, 11) is 1.29. The van der Waals surface area contributed by atoms with Crippen LogP contribution in [0.4, 0.5) is 34.1 Å². The fraction of sp³-hybridized carbons (Fsp3) is 0.0612. The highest BCUT2D eigenvalue weighted by Gasteiger charge is 2.49. The van der Waals surface area contributed by atoms with Crippen molar-refractivity contribution < 1.29 is 35.3 Å². The number of aromatic hydroxyl groups is 4. The van der Waals surface area contributed by atoms with Crippen LogP contribution in [0.3, 0.4) is 0 Å². The molecule has 0 aliphatic heterocycles. The van der Waals surface area contributed by atoms with E-state index in [0.717, 1.165) is 44.3 Å². The average molecular weight is 767 g/mol. The zero-order valence-electron chi connectivity index (χ0n) is 31.3. The number of para-hydroxylation sites is 2. The van der Waals surface area contributed by atoms with Crippen LogP contribution in [0, 0.1) is 0 Å². The number of fused-ring (bicyclic) bond motifs is 2. The fourth-order valence-electron chi connectivity index (χ4n) is 8.17. The fourth-order valence-corrected chi connectivity index (χ4v) is 8.17. The lowest BCUT2D eigenvalue weighted by Crippen LogP contribution is -2.36. The minimum atomic E-state index is -1.15. The minimum absolute atomic E-state index is 0.0141. The molecule has 0 aromatic heterocycles. The Balaban J connectivity index is 1.13. The normalized spacial score (nSPS) is 15.1. The van der Waals surface area contributed by atoms with Gasteiger partial charge in [-0.25, -0.2) is 9.78 Å². The first kappa shape index (κ1) is 36.2. The van der Waals surface area contributed by atoms with Gasteiger partial charge in [0.25, 0.3) is 0 Å². The summed E-state index contributed by atoms with van der Waals surface area (Å²) >= 11 is 0. The molecule has 0 amide bonds. The van der Waals surface area contributed by atoms with E-state index in [4.69, 9.17) is 9.78 Å². The van der Waals surface area contributed by atoms with Gasteiger partial charge in [-0.05, 0) is 47.2 Å². The van der Waals surface area contributed by atoms with Crippen LogP contribution in [-0.4, -0.2) is 38.7 Å². The molecule has 9 nitrogen and oxygen atoms in total. The van der Waals surface area contributed by atoms with Crippen molar-refractivity contribution in [2.24, 2.45) is 0 Å². The standard InChI is InChI=1S/C49H38N2O7/c1-57-58-49-46(44-40(52)26-34(27-41(44)53)50(32-18-4-2-5-19-32)38-24-12-16-30-14-8-10-22-36(30)38)48(56)47(49)45-42(54)28-35(29-43(45)55)51(33-20-6-3-7-21-33)39-25-13-17-31-15-9-11-23-37(31)39/h2-29,46,49,52-56H,1H3. The summed E-state index contributed by atoms with van der Waals surface area (Å²) in [5, 5.41) is 62.5. The molecule has 2 atom stereocenters. The second kappa shape index (κ2) is 14.9. The number of benzene rings is 8. The Bertz CT molecular complexity index is 2790. The zero-order valence-corrected chi connectivity index (χ0v) is 31.3. The maximum atomic E-state index is 11.8. The summed E-state index contributed by atoms with van der Waals surface area (Å²) < 4.78 is 0. The molecule has 8 aromatic rings. The topological polar surface area (TPSA) is 126 Å². The van der Waals surface area contributed by atoms with Crippen molar-refractivity contribution in [1.29, 1.82) is 0 Å². The van der Waals surface area contributed by atoms with Gasteiger partial charge in [-0.1, -0.05) is 109 Å². The van der Waals surface area contributed by atoms with E-state index in [1.165, 1.54) is 31.4 Å². The molecule has 8 aromatic carbocycles. The number of aliphatic hydroxyl groups is 1. The van der Waals surface area contributed by atoms with E-state index in [-0.39, 0.29) is 45.5 Å². The van der Waals surface area contributed by atoms with Crippen LogP contribution in [0.1, 0.15) is 17.0 Å². The highest BCUT2D eigenvalue weighted by molar-refractivity contribution is 6.01. The van der Waals surface area contributed by atoms with Crippen molar-refractivity contribution in [3.63, 3.8) is 0 Å². The quantitative estimate of drug-likeness (QED) is 0.0683. The number of phenolic OH excluding ortho intramolecular Hbond substituents is 4. The Kier molecular flexibility index (Phi) is 9.29. The van der Waals surface area contributed by atoms with Crippen LogP contribution < -0.4 is 9.80 Å². The molecule has 0 saturated heterocycles. The van der Waals surface area contributed by atoms with E-state index >= 15 is 0 Å². The lowest BCUT2D eigenvalue weighted by atomic mass is 9.72. The Hall–Kier alpha value is -7.46. The number of nitrogens with zero attached hydrogens (tertiary/aromatic N) is 2. The molecule has 58 heavy (non-hydrogen) atoms. The molecule has 0 fully saturated rings. The van der Waals surface area contributed by atoms with E-state index in [1.807, 2.05) is 155 Å². The van der Waals surface area contributed by atoms with Gasteiger partial charge in [0.1, 0.15) is 34.9 Å². The number of hydrogen-bond acceptors (Lipinski definition) is 9. The van der Waals surface area contributed by atoms with Crippen molar-refractivity contribution in [3.8, 4) is 23.0 Å². The third kappa shape index (κ3) is 6.15. The molecule has 0 spiro atoms. The first-order valence-corrected chi connectivity index (χ1v) is 18.7. The zero-order chi connectivity index (χ0) is 39.9. The van der Waals surface area contributed by atoms with Gasteiger partial charge >= 0.3 is 0 Å². The van der Waals surface area contributed by atoms with Crippen LogP contribution >= 0.6 is 0 Å². The second-order valence-electron chi connectivity index (χ2n) is 14.1. The van der Waals surface area contributed by atoms with Crippen LogP contribution in [-0.2, 0) is 9.78 Å². The van der Waals surface area contributed by atoms with Crippen molar-refractivity contribution in [2.75, 3.05) is 16.9 Å². The first-order chi connectivity index (χ1) is 28.3. The highest BCUT2D eigenvalue weighted by Crippen LogP contribution is 2.57. The molecule has 2 unspecified atom stereocenters. The molecule has 0 bridgehead atoms. The largest absolute Gasteiger partial charge is 0.511 e. The maximum Gasteiger partial charge on any atom is 0.136 e.